The van der Waals surface area contributed by atoms with Gasteiger partial charge in [0.2, 0.25) is 0 Å². The molecule has 0 saturated carbocycles. The Morgan fingerprint density at radius 3 is 2.56 bits per heavy atom. The van der Waals surface area contributed by atoms with Crippen molar-refractivity contribution in [3.63, 3.8) is 0 Å². The van der Waals surface area contributed by atoms with Gasteiger partial charge in [-0.25, -0.2) is 4.98 Å². The van der Waals surface area contributed by atoms with Crippen LogP contribution in [0.2, 0.25) is 0 Å². The fourth-order valence-corrected chi connectivity index (χ4v) is 1.44. The monoisotopic (exact) mass is 239 g/mol. The van der Waals surface area contributed by atoms with Crippen LogP contribution in [0.1, 0.15) is 26.6 Å². The van der Waals surface area contributed by atoms with Gasteiger partial charge in [-0.05, 0) is 32.9 Å². The molecule has 0 amide bonds. The van der Waals surface area contributed by atoms with E-state index in [1.165, 1.54) is 0 Å². The lowest BCUT2D eigenvalue weighted by Gasteiger charge is -2.19. The number of fused-ring (bicyclic) bond motifs is 1. The number of imidazole rings is 1. The second-order valence-corrected chi connectivity index (χ2v) is 4.80. The Kier molecular flexibility index (Phi) is 3.94. The first-order chi connectivity index (χ1) is 7.04. The van der Waals surface area contributed by atoms with Crippen LogP contribution >= 0.6 is 12.4 Å². The Morgan fingerprint density at radius 1 is 1.25 bits per heavy atom. The van der Waals surface area contributed by atoms with Gasteiger partial charge >= 0.3 is 0 Å². The van der Waals surface area contributed by atoms with Crippen molar-refractivity contribution in [1.82, 2.24) is 15.3 Å². The minimum absolute atomic E-state index is 0. The third-order valence-electron chi connectivity index (χ3n) is 2.22. The van der Waals surface area contributed by atoms with Crippen LogP contribution in [0.15, 0.2) is 24.3 Å². The summed E-state index contributed by atoms with van der Waals surface area (Å²) in [5.41, 5.74) is 2.25. The number of halogens is 1. The number of aromatic nitrogens is 2. The maximum atomic E-state index is 4.50. The molecule has 2 rings (SSSR count). The standard InChI is InChI=1S/C12H17N3.ClH/c1-12(2,3)13-8-11-14-9-6-4-5-7-10(9)15-11;/h4-7,13H,8H2,1-3H3,(H,14,15);1H. The molecule has 2 aromatic rings. The molecule has 0 saturated heterocycles. The van der Waals surface area contributed by atoms with E-state index in [0.717, 1.165) is 23.4 Å². The quantitative estimate of drug-likeness (QED) is 0.846. The van der Waals surface area contributed by atoms with E-state index in [0.29, 0.717) is 0 Å². The first kappa shape index (κ1) is 13.0. The second-order valence-electron chi connectivity index (χ2n) is 4.80. The topological polar surface area (TPSA) is 40.7 Å². The van der Waals surface area contributed by atoms with Crippen LogP contribution in [0.3, 0.4) is 0 Å². The van der Waals surface area contributed by atoms with Crippen LogP contribution < -0.4 is 5.32 Å². The van der Waals surface area contributed by atoms with Crippen LogP contribution in [0.25, 0.3) is 11.0 Å². The van der Waals surface area contributed by atoms with Gasteiger partial charge in [0.1, 0.15) is 5.82 Å². The first-order valence-electron chi connectivity index (χ1n) is 5.23. The van der Waals surface area contributed by atoms with Crippen LogP contribution in [0, 0.1) is 0 Å². The summed E-state index contributed by atoms with van der Waals surface area (Å²) < 4.78 is 0. The van der Waals surface area contributed by atoms with E-state index >= 15 is 0 Å². The molecule has 0 aliphatic carbocycles. The number of hydrogen-bond donors (Lipinski definition) is 2. The molecular formula is C12H18ClN3. The summed E-state index contributed by atoms with van der Waals surface area (Å²) in [5, 5.41) is 3.41. The number of nitrogens with one attached hydrogen (secondary N) is 2. The number of benzene rings is 1. The van der Waals surface area contributed by atoms with Gasteiger partial charge in [0.05, 0.1) is 17.6 Å². The van der Waals surface area contributed by atoms with Gasteiger partial charge in [-0.3, -0.25) is 0 Å². The van der Waals surface area contributed by atoms with Crippen LogP contribution in [0.4, 0.5) is 0 Å². The minimum atomic E-state index is 0. The molecule has 88 valence electrons. The molecular weight excluding hydrogens is 222 g/mol. The molecule has 0 bridgehead atoms. The molecule has 16 heavy (non-hydrogen) atoms. The maximum Gasteiger partial charge on any atom is 0.121 e. The summed E-state index contributed by atoms with van der Waals surface area (Å²) in [6.45, 7) is 7.22. The highest BCUT2D eigenvalue weighted by atomic mass is 35.5. The van der Waals surface area contributed by atoms with E-state index in [1.807, 2.05) is 24.3 Å². The van der Waals surface area contributed by atoms with Crippen LogP contribution in [-0.2, 0) is 6.54 Å². The average Bonchev–Trinajstić information content (AvgIpc) is 2.56. The van der Waals surface area contributed by atoms with Gasteiger partial charge in [-0.2, -0.15) is 0 Å². The maximum absolute atomic E-state index is 4.50. The Labute approximate surface area is 102 Å². The molecule has 0 unspecified atom stereocenters. The highest BCUT2D eigenvalue weighted by Gasteiger charge is 2.09. The molecule has 0 aliphatic heterocycles. The number of hydrogen-bond acceptors (Lipinski definition) is 2. The average molecular weight is 240 g/mol. The Morgan fingerprint density at radius 2 is 1.94 bits per heavy atom. The largest absolute Gasteiger partial charge is 0.341 e. The molecule has 0 radical (unpaired) electrons. The summed E-state index contributed by atoms with van der Waals surface area (Å²) in [7, 11) is 0. The lowest BCUT2D eigenvalue weighted by atomic mass is 10.1. The summed E-state index contributed by atoms with van der Waals surface area (Å²) in [6.07, 6.45) is 0. The van der Waals surface area contributed by atoms with Crippen LogP contribution in [-0.4, -0.2) is 15.5 Å². The molecule has 0 fully saturated rings. The smallest absolute Gasteiger partial charge is 0.121 e. The molecule has 2 N–H and O–H groups in total. The third kappa shape index (κ3) is 3.22. The first-order valence-corrected chi connectivity index (χ1v) is 5.23. The van der Waals surface area contributed by atoms with Crippen molar-refractivity contribution < 1.29 is 0 Å². The number of aromatic amines is 1. The van der Waals surface area contributed by atoms with Crippen molar-refractivity contribution in [2.24, 2.45) is 0 Å². The van der Waals surface area contributed by atoms with Gasteiger partial charge in [0.25, 0.3) is 0 Å². The van der Waals surface area contributed by atoms with Gasteiger partial charge in [-0.1, -0.05) is 12.1 Å². The molecule has 1 heterocycles. The van der Waals surface area contributed by atoms with Gasteiger partial charge < -0.3 is 10.3 Å². The fraction of sp³-hybridized carbons (Fsp3) is 0.417. The van der Waals surface area contributed by atoms with Crippen molar-refractivity contribution in [3.8, 4) is 0 Å². The fourth-order valence-electron chi connectivity index (χ4n) is 1.44. The third-order valence-corrected chi connectivity index (χ3v) is 2.22. The summed E-state index contributed by atoms with van der Waals surface area (Å²) in [4.78, 5) is 7.79. The minimum Gasteiger partial charge on any atom is -0.341 e. The number of nitrogens with zero attached hydrogens (tertiary/aromatic N) is 1. The lowest BCUT2D eigenvalue weighted by Crippen LogP contribution is -2.35. The van der Waals surface area contributed by atoms with Crippen molar-refractivity contribution in [1.29, 1.82) is 0 Å². The molecule has 0 spiro atoms. The van der Waals surface area contributed by atoms with Gasteiger partial charge in [0, 0.05) is 5.54 Å². The van der Waals surface area contributed by atoms with Crippen molar-refractivity contribution in [3.05, 3.63) is 30.1 Å². The number of H-pyrrole nitrogens is 1. The molecule has 4 heteroatoms. The molecule has 1 aromatic heterocycles. The highest BCUT2D eigenvalue weighted by Crippen LogP contribution is 2.10. The van der Waals surface area contributed by atoms with Crippen molar-refractivity contribution in [2.45, 2.75) is 32.9 Å². The predicted molar refractivity (Wildman–Crippen MR) is 69.9 cm³/mol. The van der Waals surface area contributed by atoms with E-state index in [2.05, 4.69) is 36.1 Å². The zero-order valence-electron chi connectivity index (χ0n) is 9.87. The van der Waals surface area contributed by atoms with Gasteiger partial charge in [0.15, 0.2) is 0 Å². The SMILES string of the molecule is CC(C)(C)NCc1nc2ccccc2[nH]1.Cl. The zero-order valence-corrected chi connectivity index (χ0v) is 10.7. The molecule has 1 aromatic carbocycles. The Bertz CT molecular complexity index is 423. The van der Waals surface area contributed by atoms with E-state index < -0.39 is 0 Å². The summed E-state index contributed by atoms with van der Waals surface area (Å²) >= 11 is 0. The van der Waals surface area contributed by atoms with E-state index in [1.54, 1.807) is 0 Å². The molecule has 0 atom stereocenters. The van der Waals surface area contributed by atoms with E-state index in [-0.39, 0.29) is 17.9 Å². The highest BCUT2D eigenvalue weighted by molar-refractivity contribution is 5.85. The summed E-state index contributed by atoms with van der Waals surface area (Å²) in [5.74, 6) is 0.992. The van der Waals surface area contributed by atoms with Crippen molar-refractivity contribution >= 4 is 23.4 Å². The molecule has 0 aliphatic rings. The number of rotatable bonds is 2. The summed E-state index contributed by atoms with van der Waals surface area (Å²) in [6, 6.07) is 8.08. The number of para-hydroxylation sites is 2. The van der Waals surface area contributed by atoms with Crippen LogP contribution in [0.5, 0.6) is 0 Å². The van der Waals surface area contributed by atoms with Crippen molar-refractivity contribution in [2.75, 3.05) is 0 Å². The second kappa shape index (κ2) is 4.85. The van der Waals surface area contributed by atoms with Gasteiger partial charge in [-0.15, -0.1) is 12.4 Å². The predicted octanol–water partition coefficient (Wildman–Crippen LogP) is 2.87. The zero-order chi connectivity index (χ0) is 10.9. The Hall–Kier alpha value is -1.06. The molecule has 3 nitrogen and oxygen atoms in total. The van der Waals surface area contributed by atoms with E-state index in [4.69, 9.17) is 0 Å². The Balaban J connectivity index is 0.00000128. The normalized spacial score (nSPS) is 11.4. The lowest BCUT2D eigenvalue weighted by molar-refractivity contribution is 0.419. The van der Waals surface area contributed by atoms with E-state index in [9.17, 15) is 0 Å².